The zero-order valence-electron chi connectivity index (χ0n) is 17.4. The van der Waals surface area contributed by atoms with Gasteiger partial charge in [-0.2, -0.15) is 0 Å². The maximum absolute atomic E-state index is 13.8. The van der Waals surface area contributed by atoms with Crippen LogP contribution >= 0.6 is 0 Å². The van der Waals surface area contributed by atoms with E-state index in [4.69, 9.17) is 0 Å². The third-order valence-corrected chi connectivity index (χ3v) is 4.47. The van der Waals surface area contributed by atoms with E-state index in [0.29, 0.717) is 23.2 Å². The number of unbranched alkanes of at least 4 members (excludes halogenated alkanes) is 1. The molecule has 1 N–H and O–H groups in total. The second-order valence-corrected chi connectivity index (χ2v) is 6.19. The minimum Gasteiger partial charge on any atom is -0.352 e. The van der Waals surface area contributed by atoms with Crippen LogP contribution in [0.25, 0.3) is 11.1 Å². The van der Waals surface area contributed by atoms with E-state index in [1.165, 1.54) is 12.1 Å². The van der Waals surface area contributed by atoms with Crippen LogP contribution < -0.4 is 5.32 Å². The van der Waals surface area contributed by atoms with Crippen LogP contribution in [0.2, 0.25) is 0 Å². The molecule has 0 fully saturated rings. The number of carbonyl (C=O) groups excluding carboxylic acids is 1. The normalized spacial score (nSPS) is 10.4. The fourth-order valence-corrected chi connectivity index (χ4v) is 2.83. The number of hydrogen-bond acceptors (Lipinski definition) is 2. The zero-order valence-corrected chi connectivity index (χ0v) is 17.4. The van der Waals surface area contributed by atoms with Crippen LogP contribution in [0.5, 0.6) is 0 Å². The van der Waals surface area contributed by atoms with E-state index < -0.39 is 11.6 Å². The first-order valence-electron chi connectivity index (χ1n) is 10.1. The van der Waals surface area contributed by atoms with Crippen LogP contribution in [0.3, 0.4) is 0 Å². The summed E-state index contributed by atoms with van der Waals surface area (Å²) in [6.07, 6.45) is 1.98. The molecule has 0 saturated heterocycles. The molecular formula is C23H32F2N2O. The molecule has 0 aromatic heterocycles. The van der Waals surface area contributed by atoms with Gasteiger partial charge in [-0.05, 0) is 62.3 Å². The number of rotatable bonds is 9. The molecule has 2 aromatic carbocycles. The van der Waals surface area contributed by atoms with Crippen molar-refractivity contribution < 1.29 is 13.6 Å². The van der Waals surface area contributed by atoms with Crippen LogP contribution in [-0.4, -0.2) is 37.0 Å². The highest BCUT2D eigenvalue weighted by atomic mass is 19.1. The number of hydrogen-bond donors (Lipinski definition) is 1. The molecule has 2 rings (SSSR count). The molecule has 28 heavy (non-hydrogen) atoms. The van der Waals surface area contributed by atoms with Crippen molar-refractivity contribution in [3.05, 3.63) is 59.7 Å². The molecule has 0 aliphatic rings. The summed E-state index contributed by atoms with van der Waals surface area (Å²) in [5.74, 6) is -1.36. The highest BCUT2D eigenvalue weighted by Crippen LogP contribution is 2.23. The molecule has 3 nitrogen and oxygen atoms in total. The van der Waals surface area contributed by atoms with E-state index in [1.54, 1.807) is 24.3 Å². The number of nitrogens with one attached hydrogen (secondary N) is 1. The maximum atomic E-state index is 13.8. The molecule has 0 aliphatic heterocycles. The molecule has 0 unspecified atom stereocenters. The molecule has 1 amide bonds. The average molecular weight is 391 g/mol. The summed E-state index contributed by atoms with van der Waals surface area (Å²) < 4.78 is 26.8. The summed E-state index contributed by atoms with van der Waals surface area (Å²) >= 11 is 0. The summed E-state index contributed by atoms with van der Waals surface area (Å²) in [5, 5.41) is 2.91. The van der Waals surface area contributed by atoms with Gasteiger partial charge >= 0.3 is 0 Å². The molecule has 0 saturated carbocycles. The zero-order chi connectivity index (χ0) is 20.9. The second kappa shape index (κ2) is 13.0. The van der Waals surface area contributed by atoms with Gasteiger partial charge in [0.1, 0.15) is 11.6 Å². The first-order valence-corrected chi connectivity index (χ1v) is 10.1. The number of nitrogens with zero attached hydrogens (tertiary/aromatic N) is 1. The Kier molecular flexibility index (Phi) is 11.0. The Morgan fingerprint density at radius 1 is 0.964 bits per heavy atom. The second-order valence-electron chi connectivity index (χ2n) is 6.19. The first-order chi connectivity index (χ1) is 13.5. The van der Waals surface area contributed by atoms with Crippen LogP contribution in [0, 0.1) is 11.6 Å². The highest BCUT2D eigenvalue weighted by Gasteiger charge is 2.09. The minimum atomic E-state index is -0.615. The van der Waals surface area contributed by atoms with Gasteiger partial charge in [-0.25, -0.2) is 8.78 Å². The third kappa shape index (κ3) is 7.39. The Morgan fingerprint density at radius 2 is 1.61 bits per heavy atom. The molecule has 0 bridgehead atoms. The van der Waals surface area contributed by atoms with Gasteiger partial charge in [-0.1, -0.05) is 39.8 Å². The number of halogens is 2. The van der Waals surface area contributed by atoms with Crippen molar-refractivity contribution in [2.24, 2.45) is 0 Å². The quantitative estimate of drug-likeness (QED) is 0.573. The standard InChI is InChI=1S/C21H26F2N2O.C2H6/c1-3-25(4-2)14-6-5-13-24-21(26)17-9-7-16(8-10-17)19-12-11-18(22)15-20(19)23;1-2/h7-12,15H,3-6,13-14H2,1-2H3,(H,24,26);1-2H3. The average Bonchev–Trinajstić information content (AvgIpc) is 2.72. The van der Waals surface area contributed by atoms with Crippen LogP contribution in [-0.2, 0) is 0 Å². The van der Waals surface area contributed by atoms with Crippen molar-refractivity contribution >= 4 is 5.91 Å². The molecule has 5 heteroatoms. The molecule has 0 atom stereocenters. The van der Waals surface area contributed by atoms with Gasteiger partial charge in [0.05, 0.1) is 0 Å². The first kappa shape index (κ1) is 23.8. The molecular weight excluding hydrogens is 358 g/mol. The van der Waals surface area contributed by atoms with Gasteiger partial charge in [0.2, 0.25) is 0 Å². The highest BCUT2D eigenvalue weighted by molar-refractivity contribution is 5.94. The molecule has 154 valence electrons. The molecule has 0 aliphatic carbocycles. The Labute approximate surface area is 167 Å². The predicted molar refractivity (Wildman–Crippen MR) is 112 cm³/mol. The van der Waals surface area contributed by atoms with Gasteiger partial charge in [-0.3, -0.25) is 4.79 Å². The van der Waals surface area contributed by atoms with Gasteiger partial charge in [0.25, 0.3) is 5.91 Å². The van der Waals surface area contributed by atoms with Crippen LogP contribution in [0.15, 0.2) is 42.5 Å². The van der Waals surface area contributed by atoms with Gasteiger partial charge in [-0.15, -0.1) is 0 Å². The van der Waals surface area contributed by atoms with Crippen molar-refractivity contribution in [2.75, 3.05) is 26.2 Å². The van der Waals surface area contributed by atoms with Gasteiger partial charge < -0.3 is 10.2 Å². The number of carbonyl (C=O) groups is 1. The predicted octanol–water partition coefficient (Wildman–Crippen LogP) is 5.51. The summed E-state index contributed by atoms with van der Waals surface area (Å²) in [4.78, 5) is 14.5. The minimum absolute atomic E-state index is 0.140. The van der Waals surface area contributed by atoms with E-state index in [1.807, 2.05) is 13.8 Å². The molecule has 0 heterocycles. The van der Waals surface area contributed by atoms with Crippen molar-refractivity contribution in [3.8, 4) is 11.1 Å². The van der Waals surface area contributed by atoms with E-state index in [9.17, 15) is 13.6 Å². The third-order valence-electron chi connectivity index (χ3n) is 4.47. The Hall–Kier alpha value is -2.27. The fourth-order valence-electron chi connectivity index (χ4n) is 2.83. The Balaban J connectivity index is 0.00000190. The summed E-state index contributed by atoms with van der Waals surface area (Å²) in [6.45, 7) is 12.1. The van der Waals surface area contributed by atoms with Gasteiger partial charge in [0.15, 0.2) is 0 Å². The number of benzene rings is 2. The number of amides is 1. The monoisotopic (exact) mass is 390 g/mol. The Morgan fingerprint density at radius 3 is 2.18 bits per heavy atom. The lowest BCUT2D eigenvalue weighted by molar-refractivity contribution is 0.0952. The maximum Gasteiger partial charge on any atom is 0.251 e. The van der Waals surface area contributed by atoms with Crippen LogP contribution in [0.1, 0.15) is 50.9 Å². The lowest BCUT2D eigenvalue weighted by atomic mass is 10.0. The van der Waals surface area contributed by atoms with Crippen molar-refractivity contribution in [3.63, 3.8) is 0 Å². The van der Waals surface area contributed by atoms with Crippen molar-refractivity contribution in [1.82, 2.24) is 10.2 Å². The largest absolute Gasteiger partial charge is 0.352 e. The Bertz CT molecular complexity index is 713. The lowest BCUT2D eigenvalue weighted by Gasteiger charge is -2.17. The van der Waals surface area contributed by atoms with Crippen molar-refractivity contribution in [2.45, 2.75) is 40.5 Å². The lowest BCUT2D eigenvalue weighted by Crippen LogP contribution is -2.27. The van der Waals surface area contributed by atoms with E-state index in [0.717, 1.165) is 38.5 Å². The smallest absolute Gasteiger partial charge is 0.251 e. The van der Waals surface area contributed by atoms with Gasteiger partial charge in [0, 0.05) is 23.7 Å². The fraction of sp³-hybridized carbons (Fsp3) is 0.435. The topological polar surface area (TPSA) is 32.3 Å². The molecule has 0 spiro atoms. The van der Waals surface area contributed by atoms with E-state index in [-0.39, 0.29) is 5.91 Å². The van der Waals surface area contributed by atoms with E-state index in [2.05, 4.69) is 24.1 Å². The van der Waals surface area contributed by atoms with Crippen molar-refractivity contribution in [1.29, 1.82) is 0 Å². The SMILES string of the molecule is CC.CCN(CC)CCCCNC(=O)c1ccc(-c2ccc(F)cc2F)cc1. The summed E-state index contributed by atoms with van der Waals surface area (Å²) in [5.41, 5.74) is 1.45. The summed E-state index contributed by atoms with van der Waals surface area (Å²) in [7, 11) is 0. The molecule has 0 radical (unpaired) electrons. The van der Waals surface area contributed by atoms with Crippen LogP contribution in [0.4, 0.5) is 8.78 Å². The summed E-state index contributed by atoms with van der Waals surface area (Å²) in [6, 6.07) is 10.1. The molecule has 2 aromatic rings. The van der Waals surface area contributed by atoms with E-state index >= 15 is 0 Å².